The third kappa shape index (κ3) is 3.68. The fourth-order valence-electron chi connectivity index (χ4n) is 3.92. The number of imidazole rings is 1. The molecule has 0 unspecified atom stereocenters. The van der Waals surface area contributed by atoms with E-state index in [4.69, 9.17) is 0 Å². The van der Waals surface area contributed by atoms with Gasteiger partial charge >= 0.3 is 0 Å². The van der Waals surface area contributed by atoms with Gasteiger partial charge in [0, 0.05) is 23.1 Å². The summed E-state index contributed by atoms with van der Waals surface area (Å²) < 4.78 is 27.0. The highest BCUT2D eigenvalue weighted by atomic mass is 19.1. The van der Waals surface area contributed by atoms with Crippen LogP contribution < -0.4 is 5.32 Å². The zero-order valence-electron chi connectivity index (χ0n) is 15.9. The molecule has 2 aromatic heterocycles. The number of aromatic nitrogens is 3. The molecule has 1 fully saturated rings. The van der Waals surface area contributed by atoms with E-state index in [9.17, 15) is 8.78 Å². The maximum absolute atomic E-state index is 13.8. The number of halogens is 2. The molecule has 2 heterocycles. The fraction of sp³-hybridized carbons (Fsp3) is 0.261. The van der Waals surface area contributed by atoms with Crippen LogP contribution in [-0.2, 0) is 6.42 Å². The van der Waals surface area contributed by atoms with Crippen LogP contribution in [0.2, 0.25) is 0 Å². The molecule has 0 aliphatic heterocycles. The van der Waals surface area contributed by atoms with Crippen molar-refractivity contribution in [1.82, 2.24) is 20.3 Å². The van der Waals surface area contributed by atoms with Crippen LogP contribution in [0.25, 0.3) is 22.2 Å². The number of nitrogens with one attached hydrogen (secondary N) is 3. The van der Waals surface area contributed by atoms with E-state index < -0.39 is 0 Å². The predicted molar refractivity (Wildman–Crippen MR) is 109 cm³/mol. The van der Waals surface area contributed by atoms with Gasteiger partial charge in [0.1, 0.15) is 17.5 Å². The van der Waals surface area contributed by atoms with Gasteiger partial charge in [-0.1, -0.05) is 6.42 Å². The first-order valence-electron chi connectivity index (χ1n) is 9.98. The predicted octanol–water partition coefficient (Wildman–Crippen LogP) is 5.26. The van der Waals surface area contributed by atoms with E-state index in [2.05, 4.69) is 20.3 Å². The van der Waals surface area contributed by atoms with E-state index in [1.54, 1.807) is 30.5 Å². The quantitative estimate of drug-likeness (QED) is 0.419. The summed E-state index contributed by atoms with van der Waals surface area (Å²) in [5.41, 5.74) is 3.72. The van der Waals surface area contributed by atoms with Gasteiger partial charge in [-0.3, -0.25) is 0 Å². The monoisotopic (exact) mass is 392 g/mol. The van der Waals surface area contributed by atoms with Crippen LogP contribution in [0.3, 0.4) is 0 Å². The van der Waals surface area contributed by atoms with Crippen LogP contribution in [-0.4, -0.2) is 21.0 Å². The molecule has 2 aromatic carbocycles. The third-order valence-corrected chi connectivity index (χ3v) is 5.78. The lowest BCUT2D eigenvalue weighted by molar-refractivity contribution is 0.300. The minimum absolute atomic E-state index is 0.0169. The number of hydrogen-bond donors (Lipinski definition) is 3. The summed E-state index contributed by atoms with van der Waals surface area (Å²) >= 11 is 0. The van der Waals surface area contributed by atoms with Crippen molar-refractivity contribution in [2.24, 2.45) is 0 Å². The van der Waals surface area contributed by atoms with Crippen LogP contribution in [0.5, 0.6) is 0 Å². The third-order valence-electron chi connectivity index (χ3n) is 5.78. The van der Waals surface area contributed by atoms with Crippen molar-refractivity contribution in [3.05, 3.63) is 77.9 Å². The Morgan fingerprint density at radius 2 is 1.86 bits per heavy atom. The highest BCUT2D eigenvalue weighted by molar-refractivity contribution is 5.83. The first-order chi connectivity index (χ1) is 14.2. The zero-order valence-corrected chi connectivity index (χ0v) is 15.9. The molecule has 0 saturated heterocycles. The number of nitrogens with zero attached hydrogens (tertiary/aromatic N) is 1. The van der Waals surface area contributed by atoms with E-state index in [0.29, 0.717) is 12.5 Å². The van der Waals surface area contributed by atoms with Gasteiger partial charge in [-0.2, -0.15) is 0 Å². The molecule has 0 amide bonds. The van der Waals surface area contributed by atoms with Crippen molar-refractivity contribution < 1.29 is 8.78 Å². The number of H-pyrrole nitrogens is 2. The Balaban J connectivity index is 1.45. The molecular formula is C23H22F2N4. The first-order valence-corrected chi connectivity index (χ1v) is 9.98. The van der Waals surface area contributed by atoms with Crippen molar-refractivity contribution in [2.45, 2.75) is 37.8 Å². The Morgan fingerprint density at radius 3 is 2.62 bits per heavy atom. The lowest BCUT2D eigenvalue weighted by Crippen LogP contribution is -2.39. The molecule has 5 rings (SSSR count). The molecule has 6 heteroatoms. The van der Waals surface area contributed by atoms with Crippen LogP contribution in [0.15, 0.2) is 54.9 Å². The second kappa shape index (κ2) is 7.44. The SMILES string of the molecule is Fc1ccc(-c2cnc([C@@H](Cc3c[nH]c4ccc(F)cc34)NC3CCC3)[nH]2)cc1. The normalized spacial score (nSPS) is 15.5. The molecular weight excluding hydrogens is 370 g/mol. The standard InChI is InChI=1S/C23H22F2N4/c24-16-6-4-14(5-7-16)22-13-27-23(29-22)21(28-18-2-1-3-18)10-15-12-26-20-9-8-17(25)11-19(15)20/h4-9,11-13,18,21,26,28H,1-3,10H2,(H,27,29)/t21-/m1/s1. The van der Waals surface area contributed by atoms with E-state index in [-0.39, 0.29) is 17.7 Å². The zero-order chi connectivity index (χ0) is 19.8. The molecule has 4 nitrogen and oxygen atoms in total. The average molecular weight is 392 g/mol. The van der Waals surface area contributed by atoms with Crippen LogP contribution in [0, 0.1) is 11.6 Å². The van der Waals surface area contributed by atoms with Crippen molar-refractivity contribution >= 4 is 10.9 Å². The van der Waals surface area contributed by atoms with Crippen molar-refractivity contribution in [1.29, 1.82) is 0 Å². The van der Waals surface area contributed by atoms with Gasteiger partial charge in [0.05, 0.1) is 17.9 Å². The molecule has 1 atom stereocenters. The van der Waals surface area contributed by atoms with Gasteiger partial charge in [0.25, 0.3) is 0 Å². The molecule has 0 bridgehead atoms. The average Bonchev–Trinajstić information content (AvgIpc) is 3.32. The van der Waals surface area contributed by atoms with E-state index in [1.165, 1.54) is 24.6 Å². The maximum atomic E-state index is 13.8. The summed E-state index contributed by atoms with van der Waals surface area (Å²) in [7, 11) is 0. The van der Waals surface area contributed by atoms with E-state index >= 15 is 0 Å². The Bertz CT molecular complexity index is 1130. The minimum Gasteiger partial charge on any atom is -0.361 e. The summed E-state index contributed by atoms with van der Waals surface area (Å²) in [4.78, 5) is 11.2. The number of benzene rings is 2. The van der Waals surface area contributed by atoms with Crippen LogP contribution >= 0.6 is 0 Å². The number of rotatable bonds is 6. The van der Waals surface area contributed by atoms with Gasteiger partial charge < -0.3 is 15.3 Å². The van der Waals surface area contributed by atoms with Crippen molar-refractivity contribution in [2.75, 3.05) is 0 Å². The topological polar surface area (TPSA) is 56.5 Å². The highest BCUT2D eigenvalue weighted by Crippen LogP contribution is 2.29. The van der Waals surface area contributed by atoms with Gasteiger partial charge in [0.15, 0.2) is 0 Å². The molecule has 3 N–H and O–H groups in total. The van der Waals surface area contributed by atoms with Gasteiger partial charge in [-0.05, 0) is 72.9 Å². The van der Waals surface area contributed by atoms with Crippen LogP contribution in [0.4, 0.5) is 8.78 Å². The second-order valence-corrected chi connectivity index (χ2v) is 7.74. The Labute approximate surface area is 167 Å². The smallest absolute Gasteiger partial charge is 0.124 e. The fourth-order valence-corrected chi connectivity index (χ4v) is 3.92. The molecule has 0 radical (unpaired) electrons. The Hall–Kier alpha value is -2.99. The Kier molecular flexibility index (Phi) is 4.64. The van der Waals surface area contributed by atoms with Gasteiger partial charge in [-0.15, -0.1) is 0 Å². The van der Waals surface area contributed by atoms with Crippen LogP contribution in [0.1, 0.15) is 36.7 Å². The molecule has 4 aromatic rings. The van der Waals surface area contributed by atoms with Gasteiger partial charge in [-0.25, -0.2) is 13.8 Å². The van der Waals surface area contributed by atoms with Gasteiger partial charge in [0.2, 0.25) is 0 Å². The van der Waals surface area contributed by atoms with E-state index in [0.717, 1.165) is 46.4 Å². The van der Waals surface area contributed by atoms with E-state index in [1.807, 2.05) is 6.20 Å². The maximum Gasteiger partial charge on any atom is 0.124 e. The molecule has 148 valence electrons. The first kappa shape index (κ1) is 18.1. The lowest BCUT2D eigenvalue weighted by Gasteiger charge is -2.30. The largest absolute Gasteiger partial charge is 0.361 e. The minimum atomic E-state index is -0.260. The molecule has 0 spiro atoms. The molecule has 29 heavy (non-hydrogen) atoms. The summed E-state index contributed by atoms with van der Waals surface area (Å²) in [5, 5.41) is 4.60. The second-order valence-electron chi connectivity index (χ2n) is 7.74. The molecule has 1 saturated carbocycles. The lowest BCUT2D eigenvalue weighted by atomic mass is 9.91. The summed E-state index contributed by atoms with van der Waals surface area (Å²) in [6.45, 7) is 0. The summed E-state index contributed by atoms with van der Waals surface area (Å²) in [5.74, 6) is 0.338. The number of fused-ring (bicyclic) bond motifs is 1. The number of aromatic amines is 2. The summed E-state index contributed by atoms with van der Waals surface area (Å²) in [6, 6.07) is 11.6. The van der Waals surface area contributed by atoms with Crippen molar-refractivity contribution in [3.63, 3.8) is 0 Å². The highest BCUT2D eigenvalue weighted by Gasteiger charge is 2.25. The Morgan fingerprint density at radius 1 is 1.07 bits per heavy atom. The molecule has 1 aliphatic rings. The van der Waals surface area contributed by atoms with Crippen molar-refractivity contribution in [3.8, 4) is 11.3 Å². The molecule has 1 aliphatic carbocycles. The summed E-state index contributed by atoms with van der Waals surface area (Å²) in [6.07, 6.45) is 7.98. The number of hydrogen-bond acceptors (Lipinski definition) is 2.